The zero-order chi connectivity index (χ0) is 23.4. The summed E-state index contributed by atoms with van der Waals surface area (Å²) in [6, 6.07) is 12.1. The maximum Gasteiger partial charge on any atom is 0.262 e. The van der Waals surface area contributed by atoms with Gasteiger partial charge in [-0.05, 0) is 61.7 Å². The third-order valence-corrected chi connectivity index (χ3v) is 6.72. The second-order valence-corrected chi connectivity index (χ2v) is 9.19. The molecule has 1 fully saturated rings. The smallest absolute Gasteiger partial charge is 0.262 e. The molecule has 0 unspecified atom stereocenters. The number of amidine groups is 1. The molecule has 8 nitrogen and oxygen atoms in total. The van der Waals surface area contributed by atoms with Gasteiger partial charge in [-0.1, -0.05) is 17.8 Å². The van der Waals surface area contributed by atoms with Crippen LogP contribution in [0.5, 0.6) is 5.75 Å². The van der Waals surface area contributed by atoms with Gasteiger partial charge in [-0.2, -0.15) is 4.99 Å². The van der Waals surface area contributed by atoms with E-state index in [1.807, 2.05) is 19.1 Å². The highest BCUT2D eigenvalue weighted by molar-refractivity contribution is 8.15. The molecule has 172 valence electrons. The molecule has 9 heteroatoms. The number of aliphatic imine (C=N–C) groups is 1. The molecular formula is C24H26N4O4S. The van der Waals surface area contributed by atoms with Crippen LogP contribution in [0.3, 0.4) is 0 Å². The molecule has 1 saturated heterocycles. The quantitative estimate of drug-likeness (QED) is 0.674. The van der Waals surface area contributed by atoms with E-state index in [-0.39, 0.29) is 24.1 Å². The van der Waals surface area contributed by atoms with Gasteiger partial charge in [0.2, 0.25) is 5.91 Å². The average Bonchev–Trinajstić information content (AvgIpc) is 3.45. The molecule has 0 radical (unpaired) electrons. The normalized spacial score (nSPS) is 17.6. The van der Waals surface area contributed by atoms with E-state index in [0.29, 0.717) is 22.7 Å². The number of carbonyl (C=O) groups is 3. The second kappa shape index (κ2) is 10.1. The van der Waals surface area contributed by atoms with E-state index in [4.69, 9.17) is 4.74 Å². The first-order valence-electron chi connectivity index (χ1n) is 10.8. The number of nitrogens with zero attached hydrogens (tertiary/aromatic N) is 2. The van der Waals surface area contributed by atoms with Crippen LogP contribution >= 0.6 is 11.8 Å². The molecule has 1 atom stereocenters. The Kier molecular flexibility index (Phi) is 6.98. The Morgan fingerprint density at radius 3 is 2.55 bits per heavy atom. The molecule has 2 aliphatic rings. The second-order valence-electron chi connectivity index (χ2n) is 8.02. The fourth-order valence-electron chi connectivity index (χ4n) is 3.75. The summed E-state index contributed by atoms with van der Waals surface area (Å²) < 4.78 is 5.30. The van der Waals surface area contributed by atoms with Crippen molar-refractivity contribution in [3.8, 4) is 5.75 Å². The summed E-state index contributed by atoms with van der Waals surface area (Å²) in [5.41, 5.74) is 2.60. The van der Waals surface area contributed by atoms with Crippen LogP contribution in [0.15, 0.2) is 47.5 Å². The average molecular weight is 467 g/mol. The first kappa shape index (κ1) is 22.8. The Bertz CT molecular complexity index is 1090. The molecule has 0 aromatic heterocycles. The van der Waals surface area contributed by atoms with Gasteiger partial charge in [-0.15, -0.1) is 0 Å². The largest absolute Gasteiger partial charge is 0.495 e. The molecular weight excluding hydrogens is 440 g/mol. The van der Waals surface area contributed by atoms with Crippen molar-refractivity contribution in [1.82, 2.24) is 4.90 Å². The highest BCUT2D eigenvalue weighted by Crippen LogP contribution is 2.29. The molecule has 4 rings (SSSR count). The topological polar surface area (TPSA) is 100 Å². The van der Waals surface area contributed by atoms with Crippen molar-refractivity contribution in [3.63, 3.8) is 0 Å². The Hall–Kier alpha value is -3.33. The summed E-state index contributed by atoms with van der Waals surface area (Å²) in [6.45, 7) is 3.76. The van der Waals surface area contributed by atoms with Crippen molar-refractivity contribution >= 4 is 46.0 Å². The summed E-state index contributed by atoms with van der Waals surface area (Å²) in [4.78, 5) is 43.5. The summed E-state index contributed by atoms with van der Waals surface area (Å²) in [6.07, 6.45) is 2.26. The molecule has 2 aromatic rings. The Morgan fingerprint density at radius 1 is 1.12 bits per heavy atom. The van der Waals surface area contributed by atoms with Crippen LogP contribution in [-0.2, 0) is 9.59 Å². The van der Waals surface area contributed by atoms with Crippen molar-refractivity contribution in [3.05, 3.63) is 53.6 Å². The van der Waals surface area contributed by atoms with Crippen molar-refractivity contribution in [2.75, 3.05) is 30.8 Å². The fraction of sp³-hybridized carbons (Fsp3) is 0.333. The van der Waals surface area contributed by atoms with Gasteiger partial charge >= 0.3 is 0 Å². The lowest BCUT2D eigenvalue weighted by molar-refractivity contribution is -0.121. The van der Waals surface area contributed by atoms with Crippen LogP contribution < -0.4 is 15.4 Å². The van der Waals surface area contributed by atoms with Gasteiger partial charge in [0.1, 0.15) is 11.0 Å². The lowest BCUT2D eigenvalue weighted by Crippen LogP contribution is -2.25. The van der Waals surface area contributed by atoms with Crippen molar-refractivity contribution in [1.29, 1.82) is 0 Å². The number of ether oxygens (including phenoxy) is 1. The fourth-order valence-corrected chi connectivity index (χ4v) is 4.87. The number of hydrogen-bond donors (Lipinski definition) is 2. The lowest BCUT2D eigenvalue weighted by atomic mass is 10.1. The number of nitrogens with one attached hydrogen (secondary N) is 2. The van der Waals surface area contributed by atoms with Gasteiger partial charge in [0.15, 0.2) is 5.17 Å². The highest BCUT2D eigenvalue weighted by atomic mass is 32.2. The number of thioether (sulfide) groups is 1. The van der Waals surface area contributed by atoms with Crippen LogP contribution in [-0.4, -0.2) is 53.2 Å². The minimum Gasteiger partial charge on any atom is -0.495 e. The predicted molar refractivity (Wildman–Crippen MR) is 130 cm³/mol. The summed E-state index contributed by atoms with van der Waals surface area (Å²) in [5, 5.41) is 5.89. The molecule has 0 spiro atoms. The zero-order valence-corrected chi connectivity index (χ0v) is 19.4. The summed E-state index contributed by atoms with van der Waals surface area (Å²) >= 11 is 1.37. The summed E-state index contributed by atoms with van der Waals surface area (Å²) in [5.74, 6) is -0.221. The maximum atomic E-state index is 12.6. The Morgan fingerprint density at radius 2 is 1.85 bits per heavy atom. The van der Waals surface area contributed by atoms with Gasteiger partial charge < -0.3 is 20.3 Å². The maximum absolute atomic E-state index is 12.6. The third-order valence-electron chi connectivity index (χ3n) is 5.51. The minimum absolute atomic E-state index is 0.0553. The number of amides is 3. The van der Waals surface area contributed by atoms with E-state index in [9.17, 15) is 14.4 Å². The number of carbonyl (C=O) groups excluding carboxylic acids is 3. The van der Waals surface area contributed by atoms with Crippen LogP contribution in [0.1, 0.15) is 35.2 Å². The molecule has 2 aromatic carbocycles. The van der Waals surface area contributed by atoms with Crippen molar-refractivity contribution in [2.45, 2.75) is 31.4 Å². The van der Waals surface area contributed by atoms with Crippen LogP contribution in [0.25, 0.3) is 0 Å². The highest BCUT2D eigenvalue weighted by Gasteiger charge is 2.33. The van der Waals surface area contributed by atoms with E-state index in [2.05, 4.69) is 20.5 Å². The number of anilines is 2. The number of likely N-dealkylation sites (tertiary alicyclic amines) is 1. The SMILES string of the molecule is COc1ccc(C)cc1NC(=O)c1ccc(NC(=O)C[C@H]2SC(N3CCCC3)=NC2=O)cc1. The van der Waals surface area contributed by atoms with Crippen LogP contribution in [0, 0.1) is 6.92 Å². The standard InChI is InChI=1S/C24H26N4O4S/c1-15-5-10-19(32-2)18(13-15)26-22(30)16-6-8-17(9-7-16)25-21(29)14-20-23(31)27-24(33-20)28-11-3-4-12-28/h5-10,13,20H,3-4,11-12,14H2,1-2H3,(H,25,29)(H,26,30)/t20-/m1/s1. The summed E-state index contributed by atoms with van der Waals surface area (Å²) in [7, 11) is 1.55. The van der Waals surface area contributed by atoms with Crippen LogP contribution in [0.4, 0.5) is 11.4 Å². The van der Waals surface area contributed by atoms with Crippen molar-refractivity contribution in [2.24, 2.45) is 4.99 Å². The molecule has 0 aliphatic carbocycles. The molecule has 33 heavy (non-hydrogen) atoms. The van der Waals surface area contributed by atoms with Gasteiger partial charge in [0.05, 0.1) is 12.8 Å². The van der Waals surface area contributed by atoms with E-state index in [0.717, 1.165) is 36.7 Å². The van der Waals surface area contributed by atoms with Crippen LogP contribution in [0.2, 0.25) is 0 Å². The number of methoxy groups -OCH3 is 1. The zero-order valence-electron chi connectivity index (χ0n) is 18.6. The molecule has 2 heterocycles. The minimum atomic E-state index is -0.491. The number of rotatable bonds is 6. The predicted octanol–water partition coefficient (Wildman–Crippen LogP) is 3.68. The first-order chi connectivity index (χ1) is 15.9. The number of aryl methyl sites for hydroxylation is 1. The Labute approximate surface area is 196 Å². The lowest BCUT2D eigenvalue weighted by Gasteiger charge is -2.16. The molecule has 2 N–H and O–H groups in total. The Balaban J connectivity index is 1.31. The van der Waals surface area contributed by atoms with E-state index >= 15 is 0 Å². The monoisotopic (exact) mass is 466 g/mol. The van der Waals surface area contributed by atoms with E-state index < -0.39 is 5.25 Å². The van der Waals surface area contributed by atoms with Gasteiger partial charge in [-0.3, -0.25) is 14.4 Å². The first-order valence-corrected chi connectivity index (χ1v) is 11.7. The number of benzene rings is 2. The van der Waals surface area contributed by atoms with Gasteiger partial charge in [0, 0.05) is 30.8 Å². The van der Waals surface area contributed by atoms with Gasteiger partial charge in [0.25, 0.3) is 11.8 Å². The number of hydrogen-bond acceptors (Lipinski definition) is 6. The molecule has 0 bridgehead atoms. The van der Waals surface area contributed by atoms with Gasteiger partial charge in [-0.25, -0.2) is 0 Å². The molecule has 0 saturated carbocycles. The third kappa shape index (κ3) is 5.54. The molecule has 3 amide bonds. The van der Waals surface area contributed by atoms with E-state index in [1.165, 1.54) is 11.8 Å². The van der Waals surface area contributed by atoms with E-state index in [1.54, 1.807) is 37.4 Å². The van der Waals surface area contributed by atoms with Crippen molar-refractivity contribution < 1.29 is 19.1 Å². The molecule has 2 aliphatic heterocycles.